The molecule has 3 heterocycles. The highest BCUT2D eigenvalue weighted by Gasteiger charge is 2.18. The monoisotopic (exact) mass is 267 g/mol. The number of aromatic nitrogens is 2. The van der Waals surface area contributed by atoms with Gasteiger partial charge in [0.2, 0.25) is 0 Å². The predicted molar refractivity (Wildman–Crippen MR) is 71.8 cm³/mol. The van der Waals surface area contributed by atoms with Crippen LogP contribution in [0, 0.1) is 0 Å². The molecular weight excluding hydrogens is 254 g/mol. The predicted octanol–water partition coefficient (Wildman–Crippen LogP) is 3.26. The van der Waals surface area contributed by atoms with Crippen molar-refractivity contribution in [1.82, 2.24) is 15.3 Å². The zero-order chi connectivity index (χ0) is 11.7. The largest absolute Gasteiger partial charge is 0.341 e. The molecule has 0 aromatic carbocycles. The normalized spacial score (nSPS) is 20.6. The summed E-state index contributed by atoms with van der Waals surface area (Å²) in [6, 6.07) is 3.95. The lowest BCUT2D eigenvalue weighted by Gasteiger charge is -2.20. The van der Waals surface area contributed by atoms with Crippen LogP contribution < -0.4 is 5.32 Å². The van der Waals surface area contributed by atoms with Crippen LogP contribution in [0.1, 0.15) is 24.6 Å². The van der Waals surface area contributed by atoms with Crippen molar-refractivity contribution in [3.05, 3.63) is 28.5 Å². The Hall–Kier alpha value is -0.840. The second kappa shape index (κ2) is 4.80. The number of nitrogens with zero attached hydrogens (tertiary/aromatic N) is 1. The fourth-order valence-corrected chi connectivity index (χ4v) is 3.22. The van der Waals surface area contributed by atoms with Crippen molar-refractivity contribution in [1.29, 1.82) is 0 Å². The van der Waals surface area contributed by atoms with Crippen LogP contribution in [0.3, 0.4) is 0 Å². The Balaban J connectivity index is 1.82. The first-order valence-corrected chi connectivity index (χ1v) is 7.04. The van der Waals surface area contributed by atoms with Gasteiger partial charge in [-0.25, -0.2) is 4.98 Å². The molecule has 2 aromatic heterocycles. The van der Waals surface area contributed by atoms with Gasteiger partial charge in [-0.05, 0) is 31.5 Å². The molecule has 0 aliphatic carbocycles. The SMILES string of the molecule is Clc1ccc(-c2cnc(C3CCCNC3)[nH]2)s1. The Labute approximate surface area is 109 Å². The van der Waals surface area contributed by atoms with Crippen LogP contribution in [0.25, 0.3) is 10.6 Å². The molecule has 2 aromatic rings. The minimum atomic E-state index is 0.521. The summed E-state index contributed by atoms with van der Waals surface area (Å²) in [7, 11) is 0. The Morgan fingerprint density at radius 1 is 1.41 bits per heavy atom. The number of thiophene rings is 1. The maximum Gasteiger partial charge on any atom is 0.110 e. The Kier molecular flexibility index (Phi) is 3.18. The van der Waals surface area contributed by atoms with Gasteiger partial charge in [-0.2, -0.15) is 0 Å². The molecule has 1 fully saturated rings. The van der Waals surface area contributed by atoms with Crippen molar-refractivity contribution in [2.75, 3.05) is 13.1 Å². The molecular formula is C12H14ClN3S. The average Bonchev–Trinajstić information content (AvgIpc) is 2.98. The van der Waals surface area contributed by atoms with Crippen molar-refractivity contribution in [2.24, 2.45) is 0 Å². The highest BCUT2D eigenvalue weighted by Crippen LogP contribution is 2.31. The lowest BCUT2D eigenvalue weighted by atomic mass is 9.99. The highest BCUT2D eigenvalue weighted by atomic mass is 35.5. The maximum absolute atomic E-state index is 5.94. The second-order valence-electron chi connectivity index (χ2n) is 4.33. The van der Waals surface area contributed by atoms with E-state index in [0.29, 0.717) is 5.92 Å². The number of halogens is 1. The molecule has 2 N–H and O–H groups in total. The average molecular weight is 268 g/mol. The second-order valence-corrected chi connectivity index (χ2v) is 6.04. The zero-order valence-corrected chi connectivity index (χ0v) is 10.9. The molecule has 3 rings (SSSR count). The van der Waals surface area contributed by atoms with Gasteiger partial charge < -0.3 is 10.3 Å². The summed E-state index contributed by atoms with van der Waals surface area (Å²) in [6.45, 7) is 2.16. The highest BCUT2D eigenvalue weighted by molar-refractivity contribution is 7.19. The Morgan fingerprint density at radius 3 is 3.06 bits per heavy atom. The van der Waals surface area contributed by atoms with E-state index in [2.05, 4.69) is 15.3 Å². The fraction of sp³-hybridized carbons (Fsp3) is 0.417. The van der Waals surface area contributed by atoms with Gasteiger partial charge in [0.1, 0.15) is 5.82 Å². The van der Waals surface area contributed by atoms with E-state index >= 15 is 0 Å². The molecule has 1 aliphatic rings. The number of hydrogen-bond donors (Lipinski definition) is 2. The summed E-state index contributed by atoms with van der Waals surface area (Å²) in [4.78, 5) is 9.06. The molecule has 0 radical (unpaired) electrons. The Morgan fingerprint density at radius 2 is 2.35 bits per heavy atom. The molecule has 0 amide bonds. The number of rotatable bonds is 2. The number of nitrogens with one attached hydrogen (secondary N) is 2. The van der Waals surface area contributed by atoms with Crippen molar-refractivity contribution in [2.45, 2.75) is 18.8 Å². The van der Waals surface area contributed by atoms with Crippen LogP contribution in [0.5, 0.6) is 0 Å². The van der Waals surface area contributed by atoms with E-state index in [4.69, 9.17) is 11.6 Å². The third-order valence-electron chi connectivity index (χ3n) is 3.12. The molecule has 17 heavy (non-hydrogen) atoms. The van der Waals surface area contributed by atoms with Crippen LogP contribution in [-0.4, -0.2) is 23.1 Å². The van der Waals surface area contributed by atoms with E-state index in [0.717, 1.165) is 33.8 Å². The van der Waals surface area contributed by atoms with Gasteiger partial charge in [-0.15, -0.1) is 11.3 Å². The summed E-state index contributed by atoms with van der Waals surface area (Å²) >= 11 is 7.52. The molecule has 90 valence electrons. The smallest absolute Gasteiger partial charge is 0.110 e. The summed E-state index contributed by atoms with van der Waals surface area (Å²) in [6.07, 6.45) is 4.35. The minimum absolute atomic E-state index is 0.521. The number of hydrogen-bond acceptors (Lipinski definition) is 3. The number of H-pyrrole nitrogens is 1. The standard InChI is InChI=1S/C12H14ClN3S/c13-11-4-3-10(17-11)9-7-15-12(16-9)8-2-1-5-14-6-8/h3-4,7-8,14H,1-2,5-6H2,(H,15,16). The molecule has 1 unspecified atom stereocenters. The zero-order valence-electron chi connectivity index (χ0n) is 9.37. The van der Waals surface area contributed by atoms with Gasteiger partial charge in [0.05, 0.1) is 21.1 Å². The van der Waals surface area contributed by atoms with Crippen LogP contribution in [0.2, 0.25) is 4.34 Å². The van der Waals surface area contributed by atoms with Crippen LogP contribution >= 0.6 is 22.9 Å². The summed E-state index contributed by atoms with van der Waals surface area (Å²) in [5.41, 5.74) is 1.07. The maximum atomic E-state index is 5.94. The first-order chi connectivity index (χ1) is 8.33. The van der Waals surface area contributed by atoms with Crippen LogP contribution in [0.4, 0.5) is 0 Å². The van der Waals surface area contributed by atoms with Crippen LogP contribution in [-0.2, 0) is 0 Å². The van der Waals surface area contributed by atoms with Gasteiger partial charge in [0.25, 0.3) is 0 Å². The van der Waals surface area contributed by atoms with Gasteiger partial charge in [-0.1, -0.05) is 11.6 Å². The topological polar surface area (TPSA) is 40.7 Å². The third-order valence-corrected chi connectivity index (χ3v) is 4.38. The summed E-state index contributed by atoms with van der Waals surface area (Å²) in [5.74, 6) is 1.62. The number of aromatic amines is 1. The first-order valence-electron chi connectivity index (χ1n) is 5.84. The quantitative estimate of drug-likeness (QED) is 0.877. The van der Waals surface area contributed by atoms with E-state index in [9.17, 15) is 0 Å². The van der Waals surface area contributed by atoms with Crippen molar-refractivity contribution < 1.29 is 0 Å². The lowest BCUT2D eigenvalue weighted by molar-refractivity contribution is 0.449. The molecule has 0 bridgehead atoms. The summed E-state index contributed by atoms with van der Waals surface area (Å²) in [5, 5.41) is 3.41. The van der Waals surface area contributed by atoms with Gasteiger partial charge in [-0.3, -0.25) is 0 Å². The van der Waals surface area contributed by atoms with Crippen molar-refractivity contribution in [3.8, 4) is 10.6 Å². The molecule has 3 nitrogen and oxygen atoms in total. The molecule has 5 heteroatoms. The summed E-state index contributed by atoms with van der Waals surface area (Å²) < 4.78 is 0.815. The van der Waals surface area contributed by atoms with Crippen LogP contribution in [0.15, 0.2) is 18.3 Å². The molecule has 1 saturated heterocycles. The van der Waals surface area contributed by atoms with Crippen molar-refractivity contribution in [3.63, 3.8) is 0 Å². The molecule has 1 aliphatic heterocycles. The number of piperidine rings is 1. The Bertz CT molecular complexity index is 499. The number of imidazole rings is 1. The molecule has 0 saturated carbocycles. The molecule has 1 atom stereocenters. The molecule has 0 spiro atoms. The van der Waals surface area contributed by atoms with Gasteiger partial charge in [0, 0.05) is 12.5 Å². The fourth-order valence-electron chi connectivity index (χ4n) is 2.21. The van der Waals surface area contributed by atoms with Gasteiger partial charge in [0.15, 0.2) is 0 Å². The van der Waals surface area contributed by atoms with E-state index in [-0.39, 0.29) is 0 Å². The third kappa shape index (κ3) is 2.39. The van der Waals surface area contributed by atoms with Gasteiger partial charge >= 0.3 is 0 Å². The minimum Gasteiger partial charge on any atom is -0.341 e. The van der Waals surface area contributed by atoms with E-state index in [1.807, 2.05) is 18.3 Å². The van der Waals surface area contributed by atoms with E-state index in [1.165, 1.54) is 12.8 Å². The van der Waals surface area contributed by atoms with E-state index in [1.54, 1.807) is 11.3 Å². The van der Waals surface area contributed by atoms with E-state index < -0.39 is 0 Å². The van der Waals surface area contributed by atoms with Crippen molar-refractivity contribution >= 4 is 22.9 Å². The lowest BCUT2D eigenvalue weighted by Crippen LogP contribution is -2.28. The first kappa shape index (κ1) is 11.3.